The number of rotatable bonds is 3. The first kappa shape index (κ1) is 16.5. The third kappa shape index (κ3) is 2.80. The molecule has 5 nitrogen and oxygen atoms in total. The van der Waals surface area contributed by atoms with Crippen molar-refractivity contribution in [3.63, 3.8) is 0 Å². The third-order valence-electron chi connectivity index (χ3n) is 4.59. The molecule has 4 aromatic rings. The van der Waals surface area contributed by atoms with Gasteiger partial charge in [-0.1, -0.05) is 35.9 Å². The maximum Gasteiger partial charge on any atom is 0.264 e. The molecule has 0 bridgehead atoms. The smallest absolute Gasteiger partial charge is 0.264 e. The van der Waals surface area contributed by atoms with Crippen LogP contribution in [-0.2, 0) is 6.54 Å². The van der Waals surface area contributed by atoms with E-state index in [2.05, 4.69) is 23.9 Å². The number of hydrogen-bond donors (Lipinski definition) is 0. The highest BCUT2D eigenvalue weighted by Gasteiger charge is 2.12. The van der Waals surface area contributed by atoms with Crippen LogP contribution in [0.2, 0.25) is 5.02 Å². The van der Waals surface area contributed by atoms with Crippen LogP contribution in [0.4, 0.5) is 0 Å². The fourth-order valence-electron chi connectivity index (χ4n) is 2.92. The predicted octanol–water partition coefficient (Wildman–Crippen LogP) is 3.90. The molecule has 0 radical (unpaired) electrons. The van der Waals surface area contributed by atoms with E-state index in [0.29, 0.717) is 22.6 Å². The number of nitrogens with zero attached hydrogens (tertiary/aromatic N) is 4. The second kappa shape index (κ2) is 6.42. The molecule has 0 amide bonds. The summed E-state index contributed by atoms with van der Waals surface area (Å²) in [6.45, 7) is 4.48. The van der Waals surface area contributed by atoms with Gasteiger partial charge in [0.1, 0.15) is 11.7 Å². The zero-order valence-electron chi connectivity index (χ0n) is 14.5. The lowest BCUT2D eigenvalue weighted by Crippen LogP contribution is -2.21. The zero-order chi connectivity index (χ0) is 18.3. The topological polar surface area (TPSA) is 52.7 Å². The van der Waals surface area contributed by atoms with Gasteiger partial charge in [0.2, 0.25) is 0 Å². The molecule has 0 unspecified atom stereocenters. The van der Waals surface area contributed by atoms with Crippen molar-refractivity contribution in [3.8, 4) is 5.69 Å². The largest absolute Gasteiger partial charge is 0.294 e. The van der Waals surface area contributed by atoms with Crippen LogP contribution in [0.1, 0.15) is 16.7 Å². The summed E-state index contributed by atoms with van der Waals surface area (Å²) in [7, 11) is 0. The summed E-state index contributed by atoms with van der Waals surface area (Å²) in [5.74, 6) is 0. The molecule has 6 heteroatoms. The van der Waals surface area contributed by atoms with Crippen LogP contribution in [-0.4, -0.2) is 19.3 Å². The van der Waals surface area contributed by atoms with Crippen molar-refractivity contribution >= 4 is 22.6 Å². The molecule has 26 heavy (non-hydrogen) atoms. The minimum atomic E-state index is -0.134. The fraction of sp³-hybridized carbons (Fsp3) is 0.150. The van der Waals surface area contributed by atoms with Gasteiger partial charge < -0.3 is 0 Å². The number of aryl methyl sites for hydroxylation is 2. The molecule has 4 rings (SSSR count). The highest BCUT2D eigenvalue weighted by atomic mass is 35.5. The van der Waals surface area contributed by atoms with Gasteiger partial charge in [0.25, 0.3) is 5.56 Å². The van der Waals surface area contributed by atoms with E-state index in [1.807, 2.05) is 42.5 Å². The monoisotopic (exact) mass is 364 g/mol. The van der Waals surface area contributed by atoms with Crippen molar-refractivity contribution in [1.29, 1.82) is 0 Å². The van der Waals surface area contributed by atoms with Crippen molar-refractivity contribution < 1.29 is 0 Å². The molecular weight excluding hydrogens is 348 g/mol. The highest BCUT2D eigenvalue weighted by Crippen LogP contribution is 2.18. The Morgan fingerprint density at radius 3 is 2.65 bits per heavy atom. The van der Waals surface area contributed by atoms with Crippen molar-refractivity contribution in [3.05, 3.63) is 87.1 Å². The Balaban J connectivity index is 1.79. The van der Waals surface area contributed by atoms with Crippen LogP contribution in [0.5, 0.6) is 0 Å². The number of aromatic nitrogens is 4. The minimum absolute atomic E-state index is 0.134. The first-order chi connectivity index (χ1) is 12.5. The van der Waals surface area contributed by atoms with E-state index in [9.17, 15) is 4.79 Å². The van der Waals surface area contributed by atoms with Gasteiger partial charge >= 0.3 is 0 Å². The van der Waals surface area contributed by atoms with Gasteiger partial charge in [-0.2, -0.15) is 5.10 Å². The second-order valence-electron chi connectivity index (χ2n) is 6.33. The summed E-state index contributed by atoms with van der Waals surface area (Å²) < 4.78 is 3.25. The molecule has 0 fully saturated rings. The average Bonchev–Trinajstić information content (AvgIpc) is 3.06. The zero-order valence-corrected chi connectivity index (χ0v) is 15.2. The van der Waals surface area contributed by atoms with Crippen LogP contribution in [0.3, 0.4) is 0 Å². The van der Waals surface area contributed by atoms with E-state index in [4.69, 9.17) is 11.6 Å². The van der Waals surface area contributed by atoms with Crippen molar-refractivity contribution in [2.75, 3.05) is 0 Å². The van der Waals surface area contributed by atoms with Crippen LogP contribution < -0.4 is 5.56 Å². The van der Waals surface area contributed by atoms with Crippen molar-refractivity contribution in [1.82, 2.24) is 19.3 Å². The first-order valence-corrected chi connectivity index (χ1v) is 8.66. The standard InChI is InChI=1S/C20H17ClN4O/c1-13-7-8-16(9-14(13)2)25-19-17(10-23-25)20(26)24(12-22-19)11-15-5-3-4-6-18(15)21/h3-10,12H,11H2,1-2H3. The Kier molecular flexibility index (Phi) is 4.09. The van der Waals surface area contributed by atoms with E-state index in [1.54, 1.807) is 21.8 Å². The van der Waals surface area contributed by atoms with Gasteiger partial charge in [0, 0.05) is 5.02 Å². The molecule has 0 aliphatic heterocycles. The molecule has 2 aromatic heterocycles. The summed E-state index contributed by atoms with van der Waals surface area (Å²) in [5.41, 5.74) is 4.55. The van der Waals surface area contributed by atoms with E-state index in [0.717, 1.165) is 11.3 Å². The third-order valence-corrected chi connectivity index (χ3v) is 4.96. The SMILES string of the molecule is Cc1ccc(-n2ncc3c(=O)n(Cc4ccccc4Cl)cnc32)cc1C. The normalized spacial score (nSPS) is 11.2. The van der Waals surface area contributed by atoms with Gasteiger partial charge in [0.15, 0.2) is 5.65 Å². The number of fused-ring (bicyclic) bond motifs is 1. The van der Waals surface area contributed by atoms with Crippen molar-refractivity contribution in [2.45, 2.75) is 20.4 Å². The van der Waals surface area contributed by atoms with Crippen LogP contribution in [0.15, 0.2) is 59.8 Å². The summed E-state index contributed by atoms with van der Waals surface area (Å²) in [6.07, 6.45) is 3.12. The van der Waals surface area contributed by atoms with Crippen molar-refractivity contribution in [2.24, 2.45) is 0 Å². The summed E-state index contributed by atoms with van der Waals surface area (Å²) >= 11 is 6.20. The Labute approximate surface area is 155 Å². The van der Waals surface area contributed by atoms with Gasteiger partial charge in [-0.15, -0.1) is 0 Å². The Morgan fingerprint density at radius 2 is 1.88 bits per heavy atom. The van der Waals surface area contributed by atoms with Gasteiger partial charge in [0.05, 0.1) is 18.4 Å². The molecule has 2 heterocycles. The Hall–Kier alpha value is -2.92. The summed E-state index contributed by atoms with van der Waals surface area (Å²) in [4.78, 5) is 17.3. The second-order valence-corrected chi connectivity index (χ2v) is 6.74. The molecule has 0 aliphatic rings. The van der Waals surface area contributed by atoms with E-state index in [1.165, 1.54) is 11.1 Å². The Morgan fingerprint density at radius 1 is 1.08 bits per heavy atom. The quantitative estimate of drug-likeness (QED) is 0.554. The molecule has 0 saturated heterocycles. The molecule has 0 aliphatic carbocycles. The average molecular weight is 365 g/mol. The summed E-state index contributed by atoms with van der Waals surface area (Å²) in [6, 6.07) is 13.5. The van der Waals surface area contributed by atoms with Crippen LogP contribution in [0.25, 0.3) is 16.7 Å². The molecular formula is C20H17ClN4O. The molecule has 0 atom stereocenters. The lowest BCUT2D eigenvalue weighted by Gasteiger charge is -2.08. The maximum absolute atomic E-state index is 12.8. The van der Waals surface area contributed by atoms with Crippen LogP contribution >= 0.6 is 11.6 Å². The first-order valence-electron chi connectivity index (χ1n) is 8.29. The van der Waals surface area contributed by atoms with Gasteiger partial charge in [-0.25, -0.2) is 9.67 Å². The number of hydrogen-bond acceptors (Lipinski definition) is 3. The van der Waals surface area contributed by atoms with E-state index in [-0.39, 0.29) is 5.56 Å². The Bertz CT molecular complexity index is 1180. The molecule has 2 aromatic carbocycles. The number of halogens is 1. The predicted molar refractivity (Wildman–Crippen MR) is 103 cm³/mol. The van der Waals surface area contributed by atoms with Gasteiger partial charge in [-0.3, -0.25) is 9.36 Å². The highest BCUT2D eigenvalue weighted by molar-refractivity contribution is 6.31. The molecule has 0 N–H and O–H groups in total. The fourth-order valence-corrected chi connectivity index (χ4v) is 3.11. The van der Waals surface area contributed by atoms with Gasteiger partial charge in [-0.05, 0) is 48.7 Å². The molecule has 0 spiro atoms. The molecule has 0 saturated carbocycles. The maximum atomic E-state index is 12.8. The van der Waals surface area contributed by atoms with E-state index < -0.39 is 0 Å². The van der Waals surface area contributed by atoms with Crippen LogP contribution in [0, 0.1) is 13.8 Å². The molecule has 130 valence electrons. The lowest BCUT2D eigenvalue weighted by molar-refractivity contribution is 0.745. The lowest BCUT2D eigenvalue weighted by atomic mass is 10.1. The minimum Gasteiger partial charge on any atom is -0.294 e. The number of benzene rings is 2. The van der Waals surface area contributed by atoms with E-state index >= 15 is 0 Å². The summed E-state index contributed by atoms with van der Waals surface area (Å²) in [5, 5.41) is 5.49.